The van der Waals surface area contributed by atoms with Crippen molar-refractivity contribution < 1.29 is 4.79 Å². The first-order valence-electron chi connectivity index (χ1n) is 5.39. The van der Waals surface area contributed by atoms with E-state index in [4.69, 9.17) is 11.6 Å². The van der Waals surface area contributed by atoms with Crippen molar-refractivity contribution in [3.63, 3.8) is 0 Å². The molecular weight excluding hydrogens is 224 g/mol. The molecule has 1 N–H and O–H groups in total. The van der Waals surface area contributed by atoms with Gasteiger partial charge in [0.25, 0.3) is 0 Å². The van der Waals surface area contributed by atoms with Crippen molar-refractivity contribution in [1.82, 2.24) is 10.2 Å². The number of likely N-dealkylation sites (N-methyl/N-ethyl adjacent to an activating group) is 1. The predicted octanol–water partition coefficient (Wildman–Crippen LogP) is 1.43. The van der Waals surface area contributed by atoms with Gasteiger partial charge >= 0.3 is 0 Å². The quantitative estimate of drug-likeness (QED) is 0.792. The fraction of sp³-hybridized carbons (Fsp3) is 0.417. The third-order valence-corrected chi connectivity index (χ3v) is 3.19. The SMILES string of the molecule is CN1CCNCC1C(=O)c1ccc(Cl)cc1. The van der Waals surface area contributed by atoms with Crippen molar-refractivity contribution in [2.75, 3.05) is 26.7 Å². The summed E-state index contributed by atoms with van der Waals surface area (Å²) in [6.45, 7) is 2.57. The molecule has 1 aromatic carbocycles. The molecule has 1 aromatic rings. The van der Waals surface area contributed by atoms with Gasteiger partial charge in [-0.05, 0) is 31.3 Å². The lowest BCUT2D eigenvalue weighted by Gasteiger charge is -2.31. The topological polar surface area (TPSA) is 32.3 Å². The number of nitrogens with one attached hydrogen (secondary N) is 1. The van der Waals surface area contributed by atoms with Crippen molar-refractivity contribution in [3.8, 4) is 0 Å². The minimum Gasteiger partial charge on any atom is -0.313 e. The lowest BCUT2D eigenvalue weighted by molar-refractivity contribution is 0.0819. The number of benzene rings is 1. The number of ketones is 1. The number of hydrogen-bond donors (Lipinski definition) is 1. The van der Waals surface area contributed by atoms with Crippen molar-refractivity contribution in [3.05, 3.63) is 34.9 Å². The molecule has 0 aliphatic carbocycles. The van der Waals surface area contributed by atoms with E-state index in [0.29, 0.717) is 5.02 Å². The number of Topliss-reactive ketones (excluding diaryl/α,β-unsaturated/α-hetero) is 1. The van der Waals surface area contributed by atoms with Crippen LogP contribution < -0.4 is 5.32 Å². The zero-order valence-corrected chi connectivity index (χ0v) is 10.00. The van der Waals surface area contributed by atoms with Gasteiger partial charge in [0.05, 0.1) is 6.04 Å². The molecule has 16 heavy (non-hydrogen) atoms. The second-order valence-electron chi connectivity index (χ2n) is 4.07. The van der Waals surface area contributed by atoms with E-state index in [0.717, 1.165) is 25.2 Å². The Bertz CT molecular complexity index is 377. The van der Waals surface area contributed by atoms with E-state index < -0.39 is 0 Å². The van der Waals surface area contributed by atoms with Crippen LogP contribution in [0.25, 0.3) is 0 Å². The summed E-state index contributed by atoms with van der Waals surface area (Å²) in [5.74, 6) is 0.159. The van der Waals surface area contributed by atoms with Crippen LogP contribution in [0.15, 0.2) is 24.3 Å². The minimum atomic E-state index is -0.0603. The molecule has 0 aromatic heterocycles. The summed E-state index contributed by atoms with van der Waals surface area (Å²) in [5, 5.41) is 3.90. The molecule has 1 unspecified atom stereocenters. The molecule has 0 saturated carbocycles. The minimum absolute atomic E-state index is 0.0603. The highest BCUT2D eigenvalue weighted by Gasteiger charge is 2.26. The normalized spacial score (nSPS) is 22.0. The zero-order chi connectivity index (χ0) is 11.5. The van der Waals surface area contributed by atoms with Crippen LogP contribution in [0.3, 0.4) is 0 Å². The summed E-state index contributed by atoms with van der Waals surface area (Å²) >= 11 is 5.80. The molecule has 3 nitrogen and oxygen atoms in total. The van der Waals surface area contributed by atoms with Crippen LogP contribution in [0.2, 0.25) is 5.02 Å². The smallest absolute Gasteiger partial charge is 0.181 e. The third kappa shape index (κ3) is 2.43. The summed E-state index contributed by atoms with van der Waals surface area (Å²) < 4.78 is 0. The van der Waals surface area contributed by atoms with Crippen LogP contribution in [-0.2, 0) is 0 Å². The Kier molecular flexibility index (Phi) is 3.59. The highest BCUT2D eigenvalue weighted by atomic mass is 35.5. The van der Waals surface area contributed by atoms with Crippen molar-refractivity contribution in [2.45, 2.75) is 6.04 Å². The second kappa shape index (κ2) is 4.95. The predicted molar refractivity (Wildman–Crippen MR) is 65.1 cm³/mol. The summed E-state index contributed by atoms with van der Waals surface area (Å²) in [4.78, 5) is 14.3. The van der Waals surface area contributed by atoms with Crippen LogP contribution in [0.4, 0.5) is 0 Å². The van der Waals surface area contributed by atoms with Crippen molar-refractivity contribution in [2.24, 2.45) is 0 Å². The lowest BCUT2D eigenvalue weighted by atomic mass is 10.0. The van der Waals surface area contributed by atoms with E-state index in [1.165, 1.54) is 0 Å². The molecule has 1 fully saturated rings. The molecule has 2 rings (SSSR count). The van der Waals surface area contributed by atoms with Crippen LogP contribution in [0.1, 0.15) is 10.4 Å². The summed E-state index contributed by atoms with van der Waals surface area (Å²) in [6.07, 6.45) is 0. The molecule has 4 heteroatoms. The Hall–Kier alpha value is -0.900. The molecule has 1 atom stereocenters. The molecule has 0 spiro atoms. The zero-order valence-electron chi connectivity index (χ0n) is 9.24. The van der Waals surface area contributed by atoms with Gasteiger partial charge < -0.3 is 5.32 Å². The molecule has 0 radical (unpaired) electrons. The van der Waals surface area contributed by atoms with E-state index in [9.17, 15) is 4.79 Å². The van der Waals surface area contributed by atoms with Crippen LogP contribution >= 0.6 is 11.6 Å². The number of rotatable bonds is 2. The number of nitrogens with zero attached hydrogens (tertiary/aromatic N) is 1. The Morgan fingerprint density at radius 2 is 2.12 bits per heavy atom. The van der Waals surface area contributed by atoms with E-state index >= 15 is 0 Å². The summed E-state index contributed by atoms with van der Waals surface area (Å²) in [6, 6.07) is 7.02. The monoisotopic (exact) mass is 238 g/mol. The van der Waals surface area contributed by atoms with Crippen molar-refractivity contribution in [1.29, 1.82) is 0 Å². The fourth-order valence-electron chi connectivity index (χ4n) is 1.91. The van der Waals surface area contributed by atoms with Gasteiger partial charge in [-0.2, -0.15) is 0 Å². The Labute approximate surface area is 100 Å². The lowest BCUT2D eigenvalue weighted by Crippen LogP contribution is -2.53. The molecule has 86 valence electrons. The van der Waals surface area contributed by atoms with Gasteiger partial charge in [-0.3, -0.25) is 9.69 Å². The Balaban J connectivity index is 2.14. The maximum absolute atomic E-state index is 12.2. The van der Waals surface area contributed by atoms with E-state index in [1.807, 2.05) is 7.05 Å². The standard InChI is InChI=1S/C12H15ClN2O/c1-15-7-6-14-8-11(15)12(16)9-2-4-10(13)5-3-9/h2-5,11,14H,6-8H2,1H3. The number of halogens is 1. The summed E-state index contributed by atoms with van der Waals surface area (Å²) in [5.41, 5.74) is 0.727. The van der Waals surface area contributed by atoms with Crippen LogP contribution in [0, 0.1) is 0 Å². The van der Waals surface area contributed by atoms with Crippen LogP contribution in [-0.4, -0.2) is 43.4 Å². The average molecular weight is 239 g/mol. The van der Waals surface area contributed by atoms with Gasteiger partial charge in [0.1, 0.15) is 0 Å². The van der Waals surface area contributed by atoms with Gasteiger partial charge in [0.2, 0.25) is 0 Å². The first-order chi connectivity index (χ1) is 7.68. The average Bonchev–Trinajstić information content (AvgIpc) is 2.30. The molecule has 1 aliphatic heterocycles. The Morgan fingerprint density at radius 1 is 1.44 bits per heavy atom. The Morgan fingerprint density at radius 3 is 2.75 bits per heavy atom. The molecule has 1 aliphatic rings. The summed E-state index contributed by atoms with van der Waals surface area (Å²) in [7, 11) is 1.99. The highest BCUT2D eigenvalue weighted by Crippen LogP contribution is 2.13. The largest absolute Gasteiger partial charge is 0.313 e. The van der Waals surface area contributed by atoms with Gasteiger partial charge in [-0.15, -0.1) is 0 Å². The molecule has 0 bridgehead atoms. The molecule has 1 heterocycles. The molecule has 0 amide bonds. The maximum Gasteiger partial charge on any atom is 0.181 e. The molecule has 1 saturated heterocycles. The third-order valence-electron chi connectivity index (χ3n) is 2.94. The van der Waals surface area contributed by atoms with Gasteiger partial charge in [-0.1, -0.05) is 11.6 Å². The van der Waals surface area contributed by atoms with E-state index in [2.05, 4.69) is 10.2 Å². The number of piperazine rings is 1. The first-order valence-corrected chi connectivity index (χ1v) is 5.77. The first kappa shape index (κ1) is 11.6. The van der Waals surface area contributed by atoms with Crippen LogP contribution in [0.5, 0.6) is 0 Å². The van der Waals surface area contributed by atoms with Crippen molar-refractivity contribution >= 4 is 17.4 Å². The van der Waals surface area contributed by atoms with Gasteiger partial charge in [-0.25, -0.2) is 0 Å². The second-order valence-corrected chi connectivity index (χ2v) is 4.51. The van der Waals surface area contributed by atoms with E-state index in [-0.39, 0.29) is 11.8 Å². The fourth-order valence-corrected chi connectivity index (χ4v) is 2.03. The number of carbonyl (C=O) groups excluding carboxylic acids is 1. The highest BCUT2D eigenvalue weighted by molar-refractivity contribution is 6.30. The maximum atomic E-state index is 12.2. The number of hydrogen-bond acceptors (Lipinski definition) is 3. The van der Waals surface area contributed by atoms with E-state index in [1.54, 1.807) is 24.3 Å². The van der Waals surface area contributed by atoms with Gasteiger partial charge in [0, 0.05) is 30.2 Å². The number of carbonyl (C=O) groups is 1. The van der Waals surface area contributed by atoms with Gasteiger partial charge in [0.15, 0.2) is 5.78 Å². The molecular formula is C12H15ClN2O.